The maximum atomic E-state index is 13.0. The van der Waals surface area contributed by atoms with Crippen LogP contribution in [0.3, 0.4) is 0 Å². The van der Waals surface area contributed by atoms with Crippen LogP contribution in [-0.2, 0) is 12.0 Å². The fraction of sp³-hybridized carbons (Fsp3) is 0.321. The third kappa shape index (κ3) is 6.52. The highest BCUT2D eigenvalue weighted by Crippen LogP contribution is 2.32. The van der Waals surface area contributed by atoms with Crippen molar-refractivity contribution in [2.45, 2.75) is 52.7 Å². The van der Waals surface area contributed by atoms with Crippen LogP contribution in [0.5, 0.6) is 11.5 Å². The zero-order valence-electron chi connectivity index (χ0n) is 19.9. The summed E-state index contributed by atoms with van der Waals surface area (Å²) in [5, 5.41) is 3.72. The molecule has 3 aromatic rings. The molecule has 1 N–H and O–H groups in total. The minimum Gasteiger partial charge on any atom is -0.493 e. The second kappa shape index (κ2) is 10.8. The molecule has 5 heteroatoms. The van der Waals surface area contributed by atoms with Gasteiger partial charge in [0, 0.05) is 16.1 Å². The van der Waals surface area contributed by atoms with Gasteiger partial charge >= 0.3 is 0 Å². The van der Waals surface area contributed by atoms with Crippen molar-refractivity contribution in [1.29, 1.82) is 0 Å². The van der Waals surface area contributed by atoms with E-state index in [1.165, 1.54) is 0 Å². The number of benzene rings is 3. The van der Waals surface area contributed by atoms with Gasteiger partial charge < -0.3 is 14.8 Å². The highest BCUT2D eigenvalue weighted by molar-refractivity contribution is 6.30. The van der Waals surface area contributed by atoms with Crippen LogP contribution in [0.1, 0.15) is 67.7 Å². The second-order valence-corrected chi connectivity index (χ2v) is 9.47. The fourth-order valence-electron chi connectivity index (χ4n) is 3.61. The van der Waals surface area contributed by atoms with E-state index in [0.29, 0.717) is 29.5 Å². The van der Waals surface area contributed by atoms with E-state index in [9.17, 15) is 4.79 Å². The number of hydrogen-bond acceptors (Lipinski definition) is 3. The van der Waals surface area contributed by atoms with Crippen LogP contribution in [0.2, 0.25) is 5.02 Å². The van der Waals surface area contributed by atoms with Gasteiger partial charge in [0.1, 0.15) is 18.1 Å². The molecule has 0 aliphatic heterocycles. The van der Waals surface area contributed by atoms with Gasteiger partial charge in [-0.15, -0.1) is 0 Å². The molecule has 0 unspecified atom stereocenters. The Labute approximate surface area is 201 Å². The maximum absolute atomic E-state index is 13.0. The van der Waals surface area contributed by atoms with Crippen LogP contribution in [-0.4, -0.2) is 12.5 Å². The molecule has 4 nitrogen and oxygen atoms in total. The van der Waals surface area contributed by atoms with Crippen molar-refractivity contribution < 1.29 is 14.3 Å². The lowest BCUT2D eigenvalue weighted by Gasteiger charge is -2.23. The van der Waals surface area contributed by atoms with Crippen molar-refractivity contribution in [3.63, 3.8) is 0 Å². The molecule has 0 saturated heterocycles. The molecule has 0 saturated carbocycles. The predicted octanol–water partition coefficient (Wildman–Crippen LogP) is 7.11. The Bertz CT molecular complexity index is 1090. The summed E-state index contributed by atoms with van der Waals surface area (Å²) in [6, 6.07) is 20.8. The summed E-state index contributed by atoms with van der Waals surface area (Å²) in [5.74, 6) is 1.39. The molecule has 0 fully saturated rings. The molecule has 3 aromatic carbocycles. The molecule has 3 rings (SSSR count). The maximum Gasteiger partial charge on any atom is 0.251 e. The number of halogens is 1. The predicted molar refractivity (Wildman–Crippen MR) is 134 cm³/mol. The van der Waals surface area contributed by atoms with Crippen LogP contribution in [0, 0.1) is 0 Å². The number of carbonyl (C=O) groups is 1. The van der Waals surface area contributed by atoms with Crippen LogP contribution in [0.4, 0.5) is 0 Å². The Hall–Kier alpha value is -2.98. The van der Waals surface area contributed by atoms with Crippen molar-refractivity contribution in [3.05, 3.63) is 94.0 Å². The summed E-state index contributed by atoms with van der Waals surface area (Å²) in [7, 11) is 0. The minimum atomic E-state index is -0.156. The number of rotatable bonds is 8. The summed E-state index contributed by atoms with van der Waals surface area (Å²) in [4.78, 5) is 13.0. The molecule has 0 spiro atoms. The van der Waals surface area contributed by atoms with Gasteiger partial charge in [-0.25, -0.2) is 0 Å². The van der Waals surface area contributed by atoms with Gasteiger partial charge in [-0.05, 0) is 66.8 Å². The highest BCUT2D eigenvalue weighted by Gasteiger charge is 2.19. The van der Waals surface area contributed by atoms with Gasteiger partial charge in [-0.3, -0.25) is 4.79 Å². The van der Waals surface area contributed by atoms with Crippen molar-refractivity contribution in [3.8, 4) is 11.5 Å². The SMILES string of the molecule is CCOc1ccc(C(=O)N[C@H](C)c2ccc(Cl)cc2)cc1COc1ccccc1C(C)(C)C. The number of hydrogen-bond donors (Lipinski definition) is 1. The van der Waals surface area contributed by atoms with E-state index in [1.54, 1.807) is 6.07 Å². The van der Waals surface area contributed by atoms with E-state index >= 15 is 0 Å². The van der Waals surface area contributed by atoms with Crippen molar-refractivity contribution in [2.75, 3.05) is 6.61 Å². The number of carbonyl (C=O) groups excluding carboxylic acids is 1. The number of amides is 1. The van der Waals surface area contributed by atoms with Crippen molar-refractivity contribution >= 4 is 17.5 Å². The molecule has 1 atom stereocenters. The number of para-hydroxylation sites is 1. The molecule has 0 radical (unpaired) electrons. The van der Waals surface area contributed by atoms with E-state index in [2.05, 4.69) is 32.2 Å². The molecular weight excluding hydrogens is 434 g/mol. The Kier molecular flexibility index (Phi) is 8.04. The van der Waals surface area contributed by atoms with E-state index in [-0.39, 0.29) is 17.4 Å². The highest BCUT2D eigenvalue weighted by atomic mass is 35.5. The van der Waals surface area contributed by atoms with E-state index in [1.807, 2.05) is 68.4 Å². The van der Waals surface area contributed by atoms with Crippen LogP contribution in [0.15, 0.2) is 66.7 Å². The smallest absolute Gasteiger partial charge is 0.251 e. The lowest BCUT2D eigenvalue weighted by atomic mass is 9.86. The van der Waals surface area contributed by atoms with Gasteiger partial charge in [0.05, 0.1) is 12.6 Å². The molecule has 0 aliphatic rings. The quantitative estimate of drug-likeness (QED) is 0.385. The zero-order valence-corrected chi connectivity index (χ0v) is 20.7. The van der Waals surface area contributed by atoms with Gasteiger partial charge in [0.15, 0.2) is 0 Å². The first kappa shape index (κ1) is 24.7. The molecule has 0 bridgehead atoms. The topological polar surface area (TPSA) is 47.6 Å². The Balaban J connectivity index is 1.79. The zero-order chi connectivity index (χ0) is 24.0. The summed E-state index contributed by atoms with van der Waals surface area (Å²) >= 11 is 5.97. The molecule has 0 aromatic heterocycles. The summed E-state index contributed by atoms with van der Waals surface area (Å²) in [5.41, 5.74) is 3.46. The van der Waals surface area contributed by atoms with Crippen LogP contribution in [0.25, 0.3) is 0 Å². The summed E-state index contributed by atoms with van der Waals surface area (Å²) < 4.78 is 12.0. The molecule has 0 heterocycles. The van der Waals surface area contributed by atoms with Gasteiger partial charge in [-0.2, -0.15) is 0 Å². The first-order valence-corrected chi connectivity index (χ1v) is 11.6. The minimum absolute atomic E-state index is 0.0428. The number of ether oxygens (including phenoxy) is 2. The Morgan fingerprint density at radius 3 is 2.33 bits per heavy atom. The van der Waals surface area contributed by atoms with Gasteiger partial charge in [0.2, 0.25) is 0 Å². The average Bonchev–Trinajstić information content (AvgIpc) is 2.78. The van der Waals surface area contributed by atoms with Crippen LogP contribution >= 0.6 is 11.6 Å². The molecule has 0 aliphatic carbocycles. The third-order valence-corrected chi connectivity index (χ3v) is 5.67. The standard InChI is InChI=1S/C28H32ClNO3/c1-6-32-25-16-13-21(27(31)30-19(2)20-11-14-23(29)15-12-20)17-22(25)18-33-26-10-8-7-9-24(26)28(3,4)5/h7-17,19H,6,18H2,1-5H3,(H,30,31)/t19-/m1/s1. The molecular formula is C28H32ClNO3. The summed E-state index contributed by atoms with van der Waals surface area (Å²) in [6.07, 6.45) is 0. The molecule has 174 valence electrons. The van der Waals surface area contributed by atoms with Crippen LogP contribution < -0.4 is 14.8 Å². The van der Waals surface area contributed by atoms with E-state index in [0.717, 1.165) is 22.4 Å². The molecule has 1 amide bonds. The Morgan fingerprint density at radius 2 is 1.67 bits per heavy atom. The number of nitrogens with one attached hydrogen (secondary N) is 1. The lowest BCUT2D eigenvalue weighted by Crippen LogP contribution is -2.26. The van der Waals surface area contributed by atoms with Gasteiger partial charge in [0.25, 0.3) is 5.91 Å². The molecule has 33 heavy (non-hydrogen) atoms. The van der Waals surface area contributed by atoms with Crippen molar-refractivity contribution in [1.82, 2.24) is 5.32 Å². The first-order chi connectivity index (χ1) is 15.7. The third-order valence-electron chi connectivity index (χ3n) is 5.42. The Morgan fingerprint density at radius 1 is 0.970 bits per heavy atom. The largest absolute Gasteiger partial charge is 0.493 e. The van der Waals surface area contributed by atoms with E-state index < -0.39 is 0 Å². The average molecular weight is 466 g/mol. The first-order valence-electron chi connectivity index (χ1n) is 11.2. The fourth-order valence-corrected chi connectivity index (χ4v) is 3.74. The second-order valence-electron chi connectivity index (χ2n) is 9.04. The summed E-state index contributed by atoms with van der Waals surface area (Å²) in [6.45, 7) is 11.2. The monoisotopic (exact) mass is 465 g/mol. The van der Waals surface area contributed by atoms with E-state index in [4.69, 9.17) is 21.1 Å². The normalized spacial score (nSPS) is 12.2. The van der Waals surface area contributed by atoms with Gasteiger partial charge in [-0.1, -0.05) is 62.7 Å². The lowest BCUT2D eigenvalue weighted by molar-refractivity contribution is 0.0939. The van der Waals surface area contributed by atoms with Crippen molar-refractivity contribution in [2.24, 2.45) is 0 Å².